The fourth-order valence-corrected chi connectivity index (χ4v) is 2.10. The minimum absolute atomic E-state index is 0.0173. The first-order valence-corrected chi connectivity index (χ1v) is 6.37. The molecular weight excluding hydrogens is 294 g/mol. The number of methoxy groups -OCH3 is 1. The maximum Gasteiger partial charge on any atom is 0.182 e. The SMILES string of the molecule is COc1ccc(C(=O)[C@@H](Br)c2ccccn2)cc1. The van der Waals surface area contributed by atoms with Gasteiger partial charge in [0.2, 0.25) is 0 Å². The number of nitrogens with zero attached hydrogens (tertiary/aromatic N) is 1. The van der Waals surface area contributed by atoms with E-state index in [-0.39, 0.29) is 5.78 Å². The number of alkyl halides is 1. The molecule has 18 heavy (non-hydrogen) atoms. The first-order chi connectivity index (χ1) is 8.72. The van der Waals surface area contributed by atoms with Crippen molar-refractivity contribution in [3.63, 3.8) is 0 Å². The highest BCUT2D eigenvalue weighted by molar-refractivity contribution is 9.09. The van der Waals surface area contributed by atoms with Crippen molar-refractivity contribution in [3.8, 4) is 5.75 Å². The lowest BCUT2D eigenvalue weighted by Gasteiger charge is -2.08. The molecule has 1 atom stereocenters. The summed E-state index contributed by atoms with van der Waals surface area (Å²) >= 11 is 3.38. The molecule has 0 amide bonds. The van der Waals surface area contributed by atoms with Crippen LogP contribution in [0.15, 0.2) is 48.7 Å². The van der Waals surface area contributed by atoms with Gasteiger partial charge < -0.3 is 4.74 Å². The minimum atomic E-state index is -0.424. The Morgan fingerprint density at radius 1 is 1.22 bits per heavy atom. The van der Waals surface area contributed by atoms with E-state index in [1.54, 1.807) is 37.6 Å². The van der Waals surface area contributed by atoms with Gasteiger partial charge in [0, 0.05) is 11.8 Å². The van der Waals surface area contributed by atoms with E-state index in [1.807, 2.05) is 18.2 Å². The van der Waals surface area contributed by atoms with E-state index in [9.17, 15) is 4.79 Å². The van der Waals surface area contributed by atoms with Gasteiger partial charge >= 0.3 is 0 Å². The number of ketones is 1. The van der Waals surface area contributed by atoms with Crippen molar-refractivity contribution < 1.29 is 9.53 Å². The van der Waals surface area contributed by atoms with Crippen LogP contribution in [0, 0.1) is 0 Å². The Kier molecular flexibility index (Phi) is 4.10. The van der Waals surface area contributed by atoms with Crippen LogP contribution < -0.4 is 4.74 Å². The lowest BCUT2D eigenvalue weighted by atomic mass is 10.1. The summed E-state index contributed by atoms with van der Waals surface area (Å²) in [5, 5.41) is 0. The van der Waals surface area contributed by atoms with Crippen molar-refractivity contribution in [3.05, 3.63) is 59.9 Å². The van der Waals surface area contributed by atoms with Crippen molar-refractivity contribution in [1.29, 1.82) is 0 Å². The molecule has 0 unspecified atom stereocenters. The van der Waals surface area contributed by atoms with Crippen LogP contribution >= 0.6 is 15.9 Å². The molecule has 2 rings (SSSR count). The summed E-state index contributed by atoms with van der Waals surface area (Å²) in [5.41, 5.74) is 1.33. The Balaban J connectivity index is 2.20. The smallest absolute Gasteiger partial charge is 0.182 e. The van der Waals surface area contributed by atoms with E-state index in [1.165, 1.54) is 0 Å². The van der Waals surface area contributed by atoms with Gasteiger partial charge in [-0.05, 0) is 36.4 Å². The molecule has 2 aromatic rings. The normalized spacial score (nSPS) is 11.9. The average Bonchev–Trinajstić information content (AvgIpc) is 2.47. The number of carbonyl (C=O) groups excluding carboxylic acids is 1. The van der Waals surface area contributed by atoms with E-state index < -0.39 is 4.83 Å². The third-order valence-corrected chi connectivity index (χ3v) is 3.44. The average molecular weight is 306 g/mol. The fraction of sp³-hybridized carbons (Fsp3) is 0.143. The van der Waals surface area contributed by atoms with Crippen LogP contribution in [0.2, 0.25) is 0 Å². The molecule has 0 saturated heterocycles. The quantitative estimate of drug-likeness (QED) is 0.642. The summed E-state index contributed by atoms with van der Waals surface area (Å²) in [4.78, 5) is 16.0. The third-order valence-electron chi connectivity index (χ3n) is 2.55. The van der Waals surface area contributed by atoms with Gasteiger partial charge in [0.05, 0.1) is 12.8 Å². The highest BCUT2D eigenvalue weighted by Crippen LogP contribution is 2.26. The zero-order valence-electron chi connectivity index (χ0n) is 9.84. The highest BCUT2D eigenvalue weighted by Gasteiger charge is 2.19. The van der Waals surface area contributed by atoms with E-state index in [4.69, 9.17) is 4.74 Å². The second kappa shape index (κ2) is 5.78. The molecule has 0 aliphatic carbocycles. The molecule has 0 radical (unpaired) electrons. The van der Waals surface area contributed by atoms with Crippen LogP contribution in [-0.2, 0) is 0 Å². The molecule has 1 aromatic heterocycles. The van der Waals surface area contributed by atoms with Gasteiger partial charge in [0.1, 0.15) is 10.6 Å². The van der Waals surface area contributed by atoms with Crippen LogP contribution in [0.3, 0.4) is 0 Å². The Labute approximate surface area is 114 Å². The molecule has 0 bridgehead atoms. The third kappa shape index (κ3) is 2.76. The lowest BCUT2D eigenvalue weighted by Crippen LogP contribution is -2.08. The van der Waals surface area contributed by atoms with E-state index in [0.29, 0.717) is 11.3 Å². The number of hydrogen-bond donors (Lipinski definition) is 0. The second-order valence-corrected chi connectivity index (χ2v) is 4.63. The highest BCUT2D eigenvalue weighted by atomic mass is 79.9. The lowest BCUT2D eigenvalue weighted by molar-refractivity contribution is 0.0990. The van der Waals surface area contributed by atoms with Gasteiger partial charge in [-0.25, -0.2) is 0 Å². The first-order valence-electron chi connectivity index (χ1n) is 5.45. The number of halogens is 1. The maximum atomic E-state index is 12.2. The topological polar surface area (TPSA) is 39.2 Å². The van der Waals surface area contributed by atoms with E-state index in [2.05, 4.69) is 20.9 Å². The zero-order valence-corrected chi connectivity index (χ0v) is 11.4. The van der Waals surface area contributed by atoms with Gasteiger partial charge in [-0.1, -0.05) is 22.0 Å². The van der Waals surface area contributed by atoms with Gasteiger partial charge in [-0.15, -0.1) is 0 Å². The first kappa shape index (κ1) is 12.8. The molecule has 0 saturated carbocycles. The minimum Gasteiger partial charge on any atom is -0.497 e. The Bertz CT molecular complexity index is 525. The van der Waals surface area contributed by atoms with Crippen LogP contribution in [0.1, 0.15) is 20.9 Å². The number of aromatic nitrogens is 1. The van der Waals surface area contributed by atoms with E-state index in [0.717, 1.165) is 5.75 Å². The van der Waals surface area contributed by atoms with Crippen molar-refractivity contribution in [1.82, 2.24) is 4.98 Å². The molecule has 0 aliphatic heterocycles. The molecule has 0 N–H and O–H groups in total. The summed E-state index contributed by atoms with van der Waals surface area (Å²) in [6, 6.07) is 12.5. The number of ether oxygens (including phenoxy) is 1. The van der Waals surface area contributed by atoms with Crippen LogP contribution in [-0.4, -0.2) is 17.9 Å². The molecule has 1 aromatic carbocycles. The molecule has 1 heterocycles. The van der Waals surface area contributed by atoms with Gasteiger partial charge in [-0.2, -0.15) is 0 Å². The summed E-state index contributed by atoms with van der Waals surface area (Å²) in [6.45, 7) is 0. The number of Topliss-reactive ketones (excluding diaryl/α,β-unsaturated/α-hetero) is 1. The summed E-state index contributed by atoms with van der Waals surface area (Å²) in [6.07, 6.45) is 1.67. The van der Waals surface area contributed by atoms with Crippen molar-refractivity contribution >= 4 is 21.7 Å². The molecule has 0 aliphatic rings. The number of benzene rings is 1. The summed E-state index contributed by atoms with van der Waals surface area (Å²) < 4.78 is 5.06. The molecule has 3 nitrogen and oxygen atoms in total. The van der Waals surface area contributed by atoms with Crippen LogP contribution in [0.4, 0.5) is 0 Å². The number of hydrogen-bond acceptors (Lipinski definition) is 3. The standard InChI is InChI=1S/C14H12BrNO2/c1-18-11-7-5-10(6-8-11)14(17)13(15)12-4-2-3-9-16-12/h2-9,13H,1H3/t13-/m0/s1. The predicted octanol–water partition coefficient (Wildman–Crippen LogP) is 3.41. The maximum absolute atomic E-state index is 12.2. The monoisotopic (exact) mass is 305 g/mol. The van der Waals surface area contributed by atoms with Crippen molar-refractivity contribution in [2.45, 2.75) is 4.83 Å². The van der Waals surface area contributed by atoms with Gasteiger partial charge in [-0.3, -0.25) is 9.78 Å². The predicted molar refractivity (Wildman–Crippen MR) is 73.2 cm³/mol. The Morgan fingerprint density at radius 2 is 1.94 bits per heavy atom. The van der Waals surface area contributed by atoms with Crippen LogP contribution in [0.5, 0.6) is 5.75 Å². The number of pyridine rings is 1. The summed E-state index contributed by atoms with van der Waals surface area (Å²) in [7, 11) is 1.60. The fourth-order valence-electron chi connectivity index (χ4n) is 1.56. The molecule has 0 fully saturated rings. The Hall–Kier alpha value is -1.68. The second-order valence-electron chi connectivity index (χ2n) is 3.71. The van der Waals surface area contributed by atoms with E-state index >= 15 is 0 Å². The number of rotatable bonds is 4. The molecule has 92 valence electrons. The number of carbonyl (C=O) groups is 1. The van der Waals surface area contributed by atoms with Gasteiger partial charge in [0.15, 0.2) is 5.78 Å². The zero-order chi connectivity index (χ0) is 13.0. The summed E-state index contributed by atoms with van der Waals surface area (Å²) in [5.74, 6) is 0.715. The van der Waals surface area contributed by atoms with Crippen LogP contribution in [0.25, 0.3) is 0 Å². The van der Waals surface area contributed by atoms with Gasteiger partial charge in [0.25, 0.3) is 0 Å². The molecule has 4 heteroatoms. The Morgan fingerprint density at radius 3 is 2.50 bits per heavy atom. The largest absolute Gasteiger partial charge is 0.497 e. The molecular formula is C14H12BrNO2. The van der Waals surface area contributed by atoms with Crippen molar-refractivity contribution in [2.75, 3.05) is 7.11 Å². The van der Waals surface area contributed by atoms with Crippen molar-refractivity contribution in [2.24, 2.45) is 0 Å². The molecule has 0 spiro atoms.